The molecular weight excluding hydrogens is 316 g/mol. The molecule has 2 aromatic rings. The second kappa shape index (κ2) is 8.87. The summed E-state index contributed by atoms with van der Waals surface area (Å²) in [4.78, 5) is 22.8. The summed E-state index contributed by atoms with van der Waals surface area (Å²) in [7, 11) is 0. The van der Waals surface area contributed by atoms with E-state index in [2.05, 4.69) is 37.4 Å². The van der Waals surface area contributed by atoms with Crippen molar-refractivity contribution in [1.82, 2.24) is 5.32 Å². The molecule has 25 heavy (non-hydrogen) atoms. The van der Waals surface area contributed by atoms with Crippen LogP contribution in [0.2, 0.25) is 0 Å². The quantitative estimate of drug-likeness (QED) is 0.725. The molecule has 5 nitrogen and oxygen atoms in total. The van der Waals surface area contributed by atoms with Gasteiger partial charge in [-0.15, -0.1) is 0 Å². The van der Waals surface area contributed by atoms with Crippen LogP contribution in [0, 0.1) is 13.8 Å². The zero-order valence-corrected chi connectivity index (χ0v) is 14.7. The molecule has 0 saturated carbocycles. The molecule has 0 saturated heterocycles. The van der Waals surface area contributed by atoms with Crippen molar-refractivity contribution in [2.24, 2.45) is 5.73 Å². The zero-order valence-electron chi connectivity index (χ0n) is 14.7. The molecule has 0 spiro atoms. The summed E-state index contributed by atoms with van der Waals surface area (Å²) in [6.07, 6.45) is 1.82. The highest BCUT2D eigenvalue weighted by Crippen LogP contribution is 2.13. The first-order chi connectivity index (χ1) is 12.0. The fourth-order valence-electron chi connectivity index (χ4n) is 2.57. The summed E-state index contributed by atoms with van der Waals surface area (Å²) < 4.78 is 5.16. The van der Waals surface area contributed by atoms with Gasteiger partial charge in [-0.3, -0.25) is 9.59 Å². The van der Waals surface area contributed by atoms with E-state index in [0.29, 0.717) is 17.9 Å². The SMILES string of the molecule is Cc1ccc(CCCNC(=O)c2ccc(OCC(N)=O)cc2)c(C)c1. The molecule has 0 aliphatic heterocycles. The van der Waals surface area contributed by atoms with Gasteiger partial charge in [0.2, 0.25) is 0 Å². The molecule has 2 rings (SSSR count). The van der Waals surface area contributed by atoms with Crippen LogP contribution in [-0.4, -0.2) is 25.0 Å². The van der Waals surface area contributed by atoms with E-state index in [1.54, 1.807) is 24.3 Å². The second-order valence-electron chi connectivity index (χ2n) is 6.07. The van der Waals surface area contributed by atoms with Crippen molar-refractivity contribution in [2.45, 2.75) is 26.7 Å². The second-order valence-corrected chi connectivity index (χ2v) is 6.07. The van der Waals surface area contributed by atoms with Crippen molar-refractivity contribution in [3.05, 3.63) is 64.7 Å². The van der Waals surface area contributed by atoms with Gasteiger partial charge < -0.3 is 15.8 Å². The van der Waals surface area contributed by atoms with Gasteiger partial charge in [0.25, 0.3) is 11.8 Å². The topological polar surface area (TPSA) is 81.4 Å². The Morgan fingerprint density at radius 2 is 1.80 bits per heavy atom. The minimum Gasteiger partial charge on any atom is -0.484 e. The first kappa shape index (κ1) is 18.5. The number of hydrogen-bond donors (Lipinski definition) is 2. The van der Waals surface area contributed by atoms with Gasteiger partial charge >= 0.3 is 0 Å². The molecule has 3 N–H and O–H groups in total. The van der Waals surface area contributed by atoms with Crippen LogP contribution in [0.15, 0.2) is 42.5 Å². The summed E-state index contributed by atoms with van der Waals surface area (Å²) >= 11 is 0. The maximum atomic E-state index is 12.1. The highest BCUT2D eigenvalue weighted by Gasteiger charge is 2.06. The van der Waals surface area contributed by atoms with Crippen LogP contribution in [0.5, 0.6) is 5.75 Å². The monoisotopic (exact) mass is 340 g/mol. The molecule has 0 aliphatic carbocycles. The molecule has 2 aromatic carbocycles. The average Bonchev–Trinajstić information content (AvgIpc) is 2.58. The van der Waals surface area contributed by atoms with Gasteiger partial charge in [0.1, 0.15) is 5.75 Å². The van der Waals surface area contributed by atoms with Crippen LogP contribution in [0.4, 0.5) is 0 Å². The van der Waals surface area contributed by atoms with Crippen LogP contribution < -0.4 is 15.8 Å². The predicted octanol–water partition coefficient (Wildman–Crippen LogP) is 2.53. The van der Waals surface area contributed by atoms with Crippen LogP contribution in [-0.2, 0) is 11.2 Å². The largest absolute Gasteiger partial charge is 0.484 e. The highest BCUT2D eigenvalue weighted by molar-refractivity contribution is 5.94. The molecule has 0 unspecified atom stereocenters. The number of hydrogen-bond acceptors (Lipinski definition) is 3. The van der Waals surface area contributed by atoms with E-state index in [4.69, 9.17) is 10.5 Å². The number of nitrogens with two attached hydrogens (primary N) is 1. The molecular formula is C20H24N2O3. The van der Waals surface area contributed by atoms with Crippen molar-refractivity contribution in [1.29, 1.82) is 0 Å². The van der Waals surface area contributed by atoms with E-state index >= 15 is 0 Å². The standard InChI is InChI=1S/C20H24N2O3/c1-14-5-6-16(15(2)12-14)4-3-11-22-20(24)17-7-9-18(10-8-17)25-13-19(21)23/h5-10,12H,3-4,11,13H2,1-2H3,(H2,21,23)(H,22,24). The van der Waals surface area contributed by atoms with E-state index in [1.807, 2.05) is 0 Å². The van der Waals surface area contributed by atoms with E-state index < -0.39 is 5.91 Å². The number of primary amides is 1. The maximum Gasteiger partial charge on any atom is 0.255 e. The Bertz CT molecular complexity index is 739. The van der Waals surface area contributed by atoms with Crippen LogP contribution >= 0.6 is 0 Å². The van der Waals surface area contributed by atoms with Gasteiger partial charge in [-0.2, -0.15) is 0 Å². The molecule has 0 bridgehead atoms. The van der Waals surface area contributed by atoms with E-state index in [9.17, 15) is 9.59 Å². The predicted molar refractivity (Wildman–Crippen MR) is 97.7 cm³/mol. The van der Waals surface area contributed by atoms with Crippen molar-refractivity contribution in [3.63, 3.8) is 0 Å². The molecule has 0 aliphatic rings. The summed E-state index contributed by atoms with van der Waals surface area (Å²) in [5.74, 6) is -0.155. The van der Waals surface area contributed by atoms with Crippen LogP contribution in [0.3, 0.4) is 0 Å². The first-order valence-electron chi connectivity index (χ1n) is 8.31. The molecule has 5 heteroatoms. The van der Waals surface area contributed by atoms with Gasteiger partial charge in [0.15, 0.2) is 6.61 Å². The number of nitrogens with one attached hydrogen (secondary N) is 1. The Hall–Kier alpha value is -2.82. The Balaban J connectivity index is 1.77. The lowest BCUT2D eigenvalue weighted by atomic mass is 10.0. The molecule has 0 aromatic heterocycles. The lowest BCUT2D eigenvalue weighted by molar-refractivity contribution is -0.119. The molecule has 0 fully saturated rings. The molecule has 2 amide bonds. The number of carbonyl (C=O) groups excluding carboxylic acids is 2. The fourth-order valence-corrected chi connectivity index (χ4v) is 2.57. The zero-order chi connectivity index (χ0) is 18.2. The van der Waals surface area contributed by atoms with E-state index in [1.165, 1.54) is 16.7 Å². The lowest BCUT2D eigenvalue weighted by Crippen LogP contribution is -2.24. The summed E-state index contributed by atoms with van der Waals surface area (Å²) in [5.41, 5.74) is 9.44. The smallest absolute Gasteiger partial charge is 0.255 e. The Kier molecular flexibility index (Phi) is 6.57. The first-order valence-corrected chi connectivity index (χ1v) is 8.31. The third kappa shape index (κ3) is 5.95. The van der Waals surface area contributed by atoms with Crippen molar-refractivity contribution >= 4 is 11.8 Å². The summed E-state index contributed by atoms with van der Waals surface area (Å²) in [5, 5.41) is 2.92. The Morgan fingerprint density at radius 3 is 2.44 bits per heavy atom. The third-order valence-electron chi connectivity index (χ3n) is 3.90. The number of amides is 2. The number of rotatable bonds is 8. The summed E-state index contributed by atoms with van der Waals surface area (Å²) in [6, 6.07) is 13.1. The van der Waals surface area contributed by atoms with Gasteiger partial charge in [0.05, 0.1) is 0 Å². The van der Waals surface area contributed by atoms with Crippen LogP contribution in [0.25, 0.3) is 0 Å². The summed E-state index contributed by atoms with van der Waals surface area (Å²) in [6.45, 7) is 4.64. The maximum absolute atomic E-state index is 12.1. The molecule has 0 atom stereocenters. The lowest BCUT2D eigenvalue weighted by Gasteiger charge is -2.09. The van der Waals surface area contributed by atoms with Gasteiger partial charge in [-0.25, -0.2) is 0 Å². The van der Waals surface area contributed by atoms with Crippen molar-refractivity contribution in [2.75, 3.05) is 13.2 Å². The number of aryl methyl sites for hydroxylation is 3. The molecule has 0 heterocycles. The Morgan fingerprint density at radius 1 is 1.08 bits per heavy atom. The minimum atomic E-state index is -0.536. The van der Waals surface area contributed by atoms with Crippen molar-refractivity contribution < 1.29 is 14.3 Å². The van der Waals surface area contributed by atoms with Gasteiger partial charge in [-0.1, -0.05) is 23.8 Å². The number of benzene rings is 2. The number of carbonyl (C=O) groups is 2. The van der Waals surface area contributed by atoms with Gasteiger partial charge in [-0.05, 0) is 62.1 Å². The fraction of sp³-hybridized carbons (Fsp3) is 0.300. The number of ether oxygens (including phenoxy) is 1. The average molecular weight is 340 g/mol. The normalized spacial score (nSPS) is 10.3. The van der Waals surface area contributed by atoms with Crippen molar-refractivity contribution in [3.8, 4) is 5.75 Å². The van der Waals surface area contributed by atoms with Gasteiger partial charge in [0, 0.05) is 12.1 Å². The minimum absolute atomic E-state index is 0.123. The molecule has 132 valence electrons. The third-order valence-corrected chi connectivity index (χ3v) is 3.90. The van der Waals surface area contributed by atoms with E-state index in [-0.39, 0.29) is 12.5 Å². The van der Waals surface area contributed by atoms with E-state index in [0.717, 1.165) is 12.8 Å². The highest BCUT2D eigenvalue weighted by atomic mass is 16.5. The molecule has 0 radical (unpaired) electrons. The Labute approximate surface area is 148 Å². The van der Waals surface area contributed by atoms with Crippen LogP contribution in [0.1, 0.15) is 33.5 Å².